The average Bonchev–Trinajstić information content (AvgIpc) is 3.13. The highest BCUT2D eigenvalue weighted by atomic mass is 32.2. The number of aliphatic carboxylic acids is 1. The van der Waals surface area contributed by atoms with Crippen LogP contribution in [0.5, 0.6) is 5.75 Å². The van der Waals surface area contributed by atoms with Crippen molar-refractivity contribution in [1.82, 2.24) is 15.6 Å². The van der Waals surface area contributed by atoms with E-state index in [4.69, 9.17) is 0 Å². The zero-order valence-electron chi connectivity index (χ0n) is 18.2. The Bertz CT molecular complexity index is 1180. The first kappa shape index (κ1) is 24.3. The van der Waals surface area contributed by atoms with E-state index in [1.165, 1.54) is 6.08 Å². The van der Waals surface area contributed by atoms with Crippen LogP contribution in [0.2, 0.25) is 0 Å². The van der Waals surface area contributed by atoms with Gasteiger partial charge < -0.3 is 25.8 Å². The number of amidine groups is 1. The lowest BCUT2D eigenvalue weighted by Crippen LogP contribution is -2.48. The molecule has 1 aromatic carbocycles. The van der Waals surface area contributed by atoms with Gasteiger partial charge in [0.25, 0.3) is 0 Å². The van der Waals surface area contributed by atoms with Gasteiger partial charge in [0.05, 0.1) is 18.4 Å². The van der Waals surface area contributed by atoms with Gasteiger partial charge in [-0.25, -0.2) is 8.42 Å². The van der Waals surface area contributed by atoms with Crippen molar-refractivity contribution in [1.29, 1.82) is 0 Å². The maximum Gasteiger partial charge on any atom is 0.305 e. The quantitative estimate of drug-likeness (QED) is 0.269. The van der Waals surface area contributed by atoms with E-state index < -0.39 is 27.8 Å². The lowest BCUT2D eigenvalue weighted by Gasteiger charge is -2.26. The predicted molar refractivity (Wildman–Crippen MR) is 125 cm³/mol. The number of H-pyrrole nitrogens is 1. The number of carbonyl (C=O) groups excluding carboxylic acids is 1. The lowest BCUT2D eigenvalue weighted by molar-refractivity contribution is -0.137. The monoisotopic (exact) mass is 476 g/mol. The second kappa shape index (κ2) is 10.5. The summed E-state index contributed by atoms with van der Waals surface area (Å²) in [5, 5.41) is 26.6. The number of fused-ring (bicyclic) bond motifs is 1. The first-order valence-electron chi connectivity index (χ1n) is 10.6. The van der Waals surface area contributed by atoms with Gasteiger partial charge in [0.1, 0.15) is 11.6 Å². The Labute approximate surface area is 191 Å². The molecule has 178 valence electrons. The van der Waals surface area contributed by atoms with Gasteiger partial charge in [0.2, 0.25) is 5.91 Å². The highest BCUT2D eigenvalue weighted by Gasteiger charge is 2.28. The molecule has 2 atom stereocenters. The van der Waals surface area contributed by atoms with Crippen LogP contribution in [-0.4, -0.2) is 66.7 Å². The van der Waals surface area contributed by atoms with Crippen LogP contribution in [-0.2, 0) is 25.8 Å². The van der Waals surface area contributed by atoms with E-state index >= 15 is 0 Å². The van der Waals surface area contributed by atoms with Gasteiger partial charge in [-0.1, -0.05) is 6.08 Å². The van der Waals surface area contributed by atoms with Gasteiger partial charge in [-0.3, -0.25) is 14.6 Å². The van der Waals surface area contributed by atoms with Crippen LogP contribution in [0.1, 0.15) is 24.8 Å². The summed E-state index contributed by atoms with van der Waals surface area (Å²) in [6.45, 7) is 0.873. The van der Waals surface area contributed by atoms with Crippen LogP contribution in [0.25, 0.3) is 10.9 Å². The highest BCUT2D eigenvalue weighted by Crippen LogP contribution is 2.23. The van der Waals surface area contributed by atoms with Crippen LogP contribution < -0.4 is 10.6 Å². The summed E-state index contributed by atoms with van der Waals surface area (Å²) in [6.07, 6.45) is 5.57. The number of carboxylic acid groups (broad SMARTS) is 1. The topological polar surface area (TPSA) is 161 Å². The number of hydrogen-bond donors (Lipinski definition) is 5. The van der Waals surface area contributed by atoms with E-state index in [0.29, 0.717) is 31.8 Å². The van der Waals surface area contributed by atoms with E-state index in [2.05, 4.69) is 20.6 Å². The van der Waals surface area contributed by atoms with Crippen molar-refractivity contribution in [2.24, 2.45) is 10.9 Å². The van der Waals surface area contributed by atoms with Gasteiger partial charge in [-0.05, 0) is 43.0 Å². The number of aromatic amines is 1. The van der Waals surface area contributed by atoms with E-state index in [0.717, 1.165) is 34.6 Å². The summed E-state index contributed by atoms with van der Waals surface area (Å²) < 4.78 is 23.0. The van der Waals surface area contributed by atoms with Crippen molar-refractivity contribution in [3.8, 4) is 5.75 Å². The molecule has 0 saturated carbocycles. The molecule has 1 amide bonds. The second-order valence-electron chi connectivity index (χ2n) is 8.05. The summed E-state index contributed by atoms with van der Waals surface area (Å²) in [7, 11) is -3.45. The fourth-order valence-electron chi connectivity index (χ4n) is 3.74. The zero-order valence-corrected chi connectivity index (χ0v) is 19.1. The number of carbonyl (C=O) groups is 2. The Morgan fingerprint density at radius 3 is 2.88 bits per heavy atom. The molecule has 1 fully saturated rings. The number of benzene rings is 1. The Balaban J connectivity index is 1.83. The van der Waals surface area contributed by atoms with E-state index in [9.17, 15) is 28.2 Å². The maximum atomic E-state index is 12.5. The Kier molecular flexibility index (Phi) is 7.75. The van der Waals surface area contributed by atoms with Crippen molar-refractivity contribution in [3.63, 3.8) is 0 Å². The predicted octanol–water partition coefficient (Wildman–Crippen LogP) is 1.33. The van der Waals surface area contributed by atoms with E-state index in [1.807, 2.05) is 6.20 Å². The molecule has 10 nitrogen and oxygen atoms in total. The SMILES string of the molecule is CS(=O)(=O)/C=C/C(CC(=O)O)NC(=NCCc1c[nH]c2ccc(O)cc12)C1CCCNC1=O. The van der Waals surface area contributed by atoms with Gasteiger partial charge >= 0.3 is 5.97 Å². The first-order valence-corrected chi connectivity index (χ1v) is 12.6. The summed E-state index contributed by atoms with van der Waals surface area (Å²) in [5.74, 6) is -1.40. The van der Waals surface area contributed by atoms with E-state index in [1.54, 1.807) is 18.2 Å². The summed E-state index contributed by atoms with van der Waals surface area (Å²) in [4.78, 5) is 31.5. The Hall–Kier alpha value is -3.34. The van der Waals surface area contributed by atoms with Crippen LogP contribution >= 0.6 is 0 Å². The minimum Gasteiger partial charge on any atom is -0.508 e. The molecule has 1 saturated heterocycles. The minimum absolute atomic E-state index is 0.155. The molecule has 1 aliphatic heterocycles. The molecule has 3 rings (SSSR count). The van der Waals surface area contributed by atoms with Gasteiger partial charge in [0.15, 0.2) is 9.84 Å². The molecule has 1 aromatic heterocycles. The number of phenolic OH excluding ortho intramolecular Hbond substituents is 1. The summed E-state index contributed by atoms with van der Waals surface area (Å²) in [5.41, 5.74) is 1.82. The number of aromatic hydroxyl groups is 1. The number of sulfone groups is 1. The normalized spacial score (nSPS) is 18.4. The van der Waals surface area contributed by atoms with Crippen molar-refractivity contribution in [3.05, 3.63) is 41.4 Å². The zero-order chi connectivity index (χ0) is 24.0. The molecule has 0 aliphatic carbocycles. The van der Waals surface area contributed by atoms with Crippen molar-refractivity contribution in [2.45, 2.75) is 31.7 Å². The first-order chi connectivity index (χ1) is 15.6. The number of aliphatic imine (C=N–C) groups is 1. The van der Waals surface area contributed by atoms with Gasteiger partial charge in [0, 0.05) is 41.9 Å². The van der Waals surface area contributed by atoms with Crippen LogP contribution in [0.4, 0.5) is 0 Å². The molecular weight excluding hydrogens is 448 g/mol. The molecule has 11 heteroatoms. The number of rotatable bonds is 9. The number of piperidine rings is 1. The smallest absolute Gasteiger partial charge is 0.305 e. The average molecular weight is 477 g/mol. The third kappa shape index (κ3) is 7.07. The molecule has 2 aromatic rings. The molecule has 0 radical (unpaired) electrons. The van der Waals surface area contributed by atoms with E-state index in [-0.39, 0.29) is 18.1 Å². The van der Waals surface area contributed by atoms with Crippen LogP contribution in [0, 0.1) is 5.92 Å². The number of carboxylic acids is 1. The molecule has 2 heterocycles. The fraction of sp³-hybridized carbons (Fsp3) is 0.409. The number of phenols is 1. The van der Waals surface area contributed by atoms with Crippen LogP contribution in [0.3, 0.4) is 0 Å². The molecule has 2 unspecified atom stereocenters. The lowest BCUT2D eigenvalue weighted by atomic mass is 9.96. The van der Waals surface area contributed by atoms with Crippen LogP contribution in [0.15, 0.2) is 40.9 Å². The fourth-order valence-corrected chi connectivity index (χ4v) is 4.22. The molecule has 5 N–H and O–H groups in total. The largest absolute Gasteiger partial charge is 0.508 e. The second-order valence-corrected chi connectivity index (χ2v) is 9.98. The Morgan fingerprint density at radius 2 is 2.18 bits per heavy atom. The van der Waals surface area contributed by atoms with Crippen molar-refractivity contribution < 1.29 is 28.2 Å². The molecular formula is C22H28N4O6S. The molecule has 33 heavy (non-hydrogen) atoms. The third-order valence-electron chi connectivity index (χ3n) is 5.32. The van der Waals surface area contributed by atoms with Crippen molar-refractivity contribution >= 4 is 38.5 Å². The minimum atomic E-state index is -3.45. The maximum absolute atomic E-state index is 12.5. The molecule has 1 aliphatic rings. The van der Waals surface area contributed by atoms with Crippen molar-refractivity contribution in [2.75, 3.05) is 19.3 Å². The van der Waals surface area contributed by atoms with Gasteiger partial charge in [-0.15, -0.1) is 0 Å². The van der Waals surface area contributed by atoms with Gasteiger partial charge in [-0.2, -0.15) is 0 Å². The number of hydrogen-bond acceptors (Lipinski definition) is 6. The molecule has 0 bridgehead atoms. The standard InChI is InChI=1S/C22H28N4O6S/c1-33(31,32)10-7-15(11-20(28)29)26-21(17-3-2-8-24-22(17)30)23-9-6-14-13-25-19-5-4-16(27)12-18(14)19/h4-5,7,10,12-13,15,17,25,27H,2-3,6,8-9,11H2,1H3,(H,23,26)(H,24,30)(H,28,29)/b10-7+. The number of amides is 1. The molecule has 0 spiro atoms. The number of nitrogens with one attached hydrogen (secondary N) is 3. The Morgan fingerprint density at radius 1 is 1.39 bits per heavy atom. The highest BCUT2D eigenvalue weighted by molar-refractivity contribution is 7.93. The number of aromatic nitrogens is 1. The summed E-state index contributed by atoms with van der Waals surface area (Å²) in [6, 6.07) is 4.19. The summed E-state index contributed by atoms with van der Waals surface area (Å²) >= 11 is 0. The number of nitrogens with zero attached hydrogens (tertiary/aromatic N) is 1. The third-order valence-corrected chi connectivity index (χ3v) is 5.97.